The summed E-state index contributed by atoms with van der Waals surface area (Å²) < 4.78 is 0. The van der Waals surface area contributed by atoms with Crippen LogP contribution in [0.4, 0.5) is 53.5 Å². The number of aromatic nitrogens is 9. The second-order valence-corrected chi connectivity index (χ2v) is 52.1. The zero-order chi connectivity index (χ0) is 110. The smallest absolute Gasteiger partial charge is 0.232 e. The van der Waals surface area contributed by atoms with Crippen molar-refractivity contribution in [1.82, 2.24) is 70.2 Å². The Bertz CT molecular complexity index is 3760. The Morgan fingerprint density at radius 1 is 0.168 bits per heavy atom. The zero-order valence-corrected chi connectivity index (χ0v) is 103. The lowest BCUT2D eigenvalue weighted by Gasteiger charge is -2.56. The van der Waals surface area contributed by atoms with Crippen molar-refractivity contribution in [1.29, 1.82) is 0 Å². The second kappa shape index (κ2) is 61.7. The molecule has 8 rings (SSSR count). The molecule has 0 atom stereocenters. The molecule has 0 spiro atoms. The van der Waals surface area contributed by atoms with Gasteiger partial charge in [-0.3, -0.25) is 24.2 Å². The summed E-state index contributed by atoms with van der Waals surface area (Å²) in [6.07, 6.45) is 46.6. The molecule has 28 nitrogen and oxygen atoms in total. The molecule has 0 bridgehead atoms. The molecule has 0 aliphatic carbocycles. The SMILES string of the molecule is CCCCN(CCCC)c1nc(N(CCCC)CCCC)nc(N(CCCCCCCCN(c2nc(N(CCCC)C3CC(C)(C)N(OCCC)C(C)(C)C3)nc(N(CCCCCCCCN(c3nc(N(CCCC)CCCC)nc(N(CCCC)CCCC)n3)C3CC(C)(C)N(OCCC)C(C)(C)C3)C3CC(C)(C)N(OCCC)C(C)(C)C3)n2)C2CC(C)(C)N(OCCC)C(C)(C)C2)C2CC(C)(C)N(OCCC)C(C)(C)C2)n1. The van der Waals surface area contributed by atoms with Gasteiger partial charge in [0, 0.05) is 171 Å². The van der Waals surface area contributed by atoms with Gasteiger partial charge in [0.2, 0.25) is 53.5 Å². The quantitative estimate of drug-likeness (QED) is 0.0481. The topological polar surface area (TPSA) is 208 Å². The van der Waals surface area contributed by atoms with Gasteiger partial charge in [-0.05, 0) is 318 Å². The minimum Gasteiger partial charge on any atom is -0.341 e. The number of anilines is 9. The van der Waals surface area contributed by atoms with Crippen LogP contribution in [0.15, 0.2) is 0 Å². The van der Waals surface area contributed by atoms with E-state index in [-0.39, 0.29) is 85.6 Å². The number of piperidine rings is 5. The molecule has 3 aromatic rings. The Balaban J connectivity index is 1.21. The van der Waals surface area contributed by atoms with E-state index in [1.54, 1.807) is 0 Å². The van der Waals surface area contributed by atoms with Gasteiger partial charge in [0.25, 0.3) is 0 Å². The van der Waals surface area contributed by atoms with Crippen molar-refractivity contribution in [2.24, 2.45) is 0 Å². The maximum atomic E-state index is 6.93. The molecular weight excluding hydrogens is 1860 g/mol. The van der Waals surface area contributed by atoms with Gasteiger partial charge in [0.1, 0.15) is 0 Å². The summed E-state index contributed by atoms with van der Waals surface area (Å²) in [5, 5.41) is 11.8. The fourth-order valence-electron chi connectivity index (χ4n) is 26.2. The van der Waals surface area contributed by atoms with E-state index >= 15 is 0 Å². The summed E-state index contributed by atoms with van der Waals surface area (Å²) in [5.74, 6) is 7.49. The van der Waals surface area contributed by atoms with E-state index in [0.717, 1.165) is 428 Å². The molecule has 8 heterocycles. The average Bonchev–Trinajstić information content (AvgIpc) is 0.822. The Labute approximate surface area is 914 Å². The molecule has 862 valence electrons. The maximum Gasteiger partial charge on any atom is 0.232 e. The van der Waals surface area contributed by atoms with E-state index in [9.17, 15) is 0 Å². The van der Waals surface area contributed by atoms with E-state index in [1.807, 2.05) is 0 Å². The number of hydrogen-bond acceptors (Lipinski definition) is 28. The third kappa shape index (κ3) is 37.5. The fraction of sp³-hybridized carbons (Fsp3) is 0.926. The highest BCUT2D eigenvalue weighted by molar-refractivity contribution is 5.52. The van der Waals surface area contributed by atoms with Crippen molar-refractivity contribution in [3.05, 3.63) is 0 Å². The first-order valence-corrected chi connectivity index (χ1v) is 62.0. The molecule has 0 unspecified atom stereocenters. The molecule has 149 heavy (non-hydrogen) atoms. The van der Waals surface area contributed by atoms with E-state index < -0.39 is 0 Å². The highest BCUT2D eigenvalue weighted by Crippen LogP contribution is 2.50. The van der Waals surface area contributed by atoms with Crippen LogP contribution in [0.2, 0.25) is 0 Å². The molecule has 0 radical (unpaired) electrons. The summed E-state index contributed by atoms with van der Waals surface area (Å²) >= 11 is 0. The third-order valence-electron chi connectivity index (χ3n) is 32.5. The van der Waals surface area contributed by atoms with Crippen molar-refractivity contribution in [3.8, 4) is 0 Å². The standard InChI is InChI=1S/C121H233N23O5/c1-35-49-70-131(71-50-36-2)103-122-104(132(72-51-37-3)73-52-38-4)125-107(124-103)136(99-90-114(19,20)141(146-84-45-11)115(21,22)91-99)79-66-62-58-60-64-68-81-138(101-94-118(27,28)143(148-86-47-13)119(29,30)95-101)110-128-109(135(78-57-43-9)98-88-112(15,16)140(145-83-44-10)113(17,18)89-98)129-111(130-110)139(102-96-120(31,32)144(149-87-48-14)121(33,34)97-102)82-69-65-61-59-63-67-80-137(100-92-116(23,24)142(147-85-46-12)117(25,26)93-100)108-126-105(133(74-53-39-5)75-54-40-6)123-106(127-108)134(76-55-41-7)77-56-42-8/h98-102H,35-97H2,1-34H3. The predicted octanol–water partition coefficient (Wildman–Crippen LogP) is 28.6. The summed E-state index contributed by atoms with van der Waals surface area (Å²) in [6.45, 7) is 95.3. The van der Waals surface area contributed by atoms with Crippen molar-refractivity contribution < 1.29 is 24.2 Å². The van der Waals surface area contributed by atoms with Gasteiger partial charge in [-0.1, -0.05) is 206 Å². The third-order valence-corrected chi connectivity index (χ3v) is 32.5. The highest BCUT2D eigenvalue weighted by atomic mass is 16.7. The molecule has 28 heteroatoms. The number of hydroxylamine groups is 10. The molecule has 5 fully saturated rings. The van der Waals surface area contributed by atoms with Gasteiger partial charge in [-0.2, -0.15) is 70.2 Å². The normalized spacial score (nSPS) is 19.7. The molecule has 5 saturated heterocycles. The second-order valence-electron chi connectivity index (χ2n) is 52.1. The van der Waals surface area contributed by atoms with Crippen molar-refractivity contribution in [3.63, 3.8) is 0 Å². The molecule has 0 amide bonds. The molecular formula is C121H233N23O5. The largest absolute Gasteiger partial charge is 0.341 e. The lowest BCUT2D eigenvalue weighted by Crippen LogP contribution is -2.65. The maximum absolute atomic E-state index is 6.93. The van der Waals surface area contributed by atoms with Gasteiger partial charge in [0.15, 0.2) is 0 Å². The number of hydrogen-bond donors (Lipinski definition) is 0. The van der Waals surface area contributed by atoms with Gasteiger partial charge >= 0.3 is 0 Å². The van der Waals surface area contributed by atoms with Crippen LogP contribution in [0.5, 0.6) is 0 Å². The summed E-state index contributed by atoms with van der Waals surface area (Å²) in [6, 6.07) is 0.688. The van der Waals surface area contributed by atoms with Gasteiger partial charge < -0.3 is 44.1 Å². The first-order chi connectivity index (χ1) is 70.8. The summed E-state index contributed by atoms with van der Waals surface area (Å²) in [4.78, 5) is 110. The molecule has 3 aromatic heterocycles. The molecule has 0 aromatic carbocycles. The summed E-state index contributed by atoms with van der Waals surface area (Å²) in [5.41, 5.74) is -2.74. The van der Waals surface area contributed by atoms with Crippen molar-refractivity contribution >= 4 is 53.5 Å². The van der Waals surface area contributed by atoms with E-state index in [1.165, 1.54) is 0 Å². The minimum atomic E-state index is -0.310. The van der Waals surface area contributed by atoms with Crippen LogP contribution in [0, 0.1) is 0 Å². The Hall–Kier alpha value is -5.17. The molecule has 5 aliphatic heterocycles. The zero-order valence-electron chi connectivity index (χ0n) is 103. The fourth-order valence-corrected chi connectivity index (χ4v) is 26.2. The minimum absolute atomic E-state index is 0.0954. The van der Waals surface area contributed by atoms with Crippen molar-refractivity contribution in [2.75, 3.05) is 162 Å². The van der Waals surface area contributed by atoms with Crippen LogP contribution in [-0.2, 0) is 24.2 Å². The average molecular weight is 2090 g/mol. The van der Waals surface area contributed by atoms with Crippen LogP contribution >= 0.6 is 0 Å². The highest BCUT2D eigenvalue weighted by Gasteiger charge is 2.55. The van der Waals surface area contributed by atoms with Gasteiger partial charge in [-0.15, -0.1) is 0 Å². The van der Waals surface area contributed by atoms with Crippen LogP contribution in [0.25, 0.3) is 0 Å². The van der Waals surface area contributed by atoms with E-state index in [4.69, 9.17) is 69.0 Å². The van der Waals surface area contributed by atoms with Gasteiger partial charge in [0.05, 0.1) is 33.0 Å². The Morgan fingerprint density at radius 2 is 0.289 bits per heavy atom. The Kier molecular flexibility index (Phi) is 53.4. The predicted molar refractivity (Wildman–Crippen MR) is 631 cm³/mol. The Morgan fingerprint density at radius 3 is 0.430 bits per heavy atom. The monoisotopic (exact) mass is 2090 g/mol. The molecule has 0 saturated carbocycles. The first-order valence-electron chi connectivity index (χ1n) is 62.0. The lowest BCUT2D eigenvalue weighted by atomic mass is 9.78. The van der Waals surface area contributed by atoms with Crippen molar-refractivity contribution in [2.45, 2.75) is 610 Å². The van der Waals surface area contributed by atoms with E-state index in [2.05, 4.69) is 305 Å². The van der Waals surface area contributed by atoms with Crippen LogP contribution in [0.3, 0.4) is 0 Å². The van der Waals surface area contributed by atoms with Gasteiger partial charge in [-0.25, -0.2) is 0 Å². The van der Waals surface area contributed by atoms with E-state index in [0.29, 0.717) is 33.0 Å². The molecule has 5 aliphatic rings. The van der Waals surface area contributed by atoms with Crippen LogP contribution < -0.4 is 44.1 Å². The first kappa shape index (κ1) is 129. The van der Waals surface area contributed by atoms with Crippen LogP contribution in [0.1, 0.15) is 524 Å². The number of rotatable bonds is 74. The number of nitrogens with zero attached hydrogens (tertiary/aromatic N) is 23. The molecule has 0 N–H and O–H groups in total. The lowest BCUT2D eigenvalue weighted by molar-refractivity contribution is -0.282. The summed E-state index contributed by atoms with van der Waals surface area (Å²) in [7, 11) is 0. The number of unbranched alkanes of at least 4 members (excludes halogenated alkanes) is 19. The van der Waals surface area contributed by atoms with Crippen LogP contribution in [-0.4, -0.2) is 274 Å².